The van der Waals surface area contributed by atoms with Crippen LogP contribution in [0.4, 0.5) is 0 Å². The van der Waals surface area contributed by atoms with Gasteiger partial charge in [-0.15, -0.1) is 11.3 Å². The smallest absolute Gasteiger partial charge is 0.350 e. The van der Waals surface area contributed by atoms with Crippen molar-refractivity contribution in [3.63, 3.8) is 0 Å². The topological polar surface area (TPSA) is 55.8 Å². The summed E-state index contributed by atoms with van der Waals surface area (Å²) in [6.07, 6.45) is 0. The predicted octanol–water partition coefficient (Wildman–Crippen LogP) is 6.20. The summed E-state index contributed by atoms with van der Waals surface area (Å²) in [5, 5.41) is 1.26. The largest absolute Gasteiger partial charge is 0.495 e. The Morgan fingerprint density at radius 1 is 1.03 bits per heavy atom. The molecule has 0 saturated heterocycles. The molecule has 5 nitrogen and oxygen atoms in total. The monoisotopic (exact) mass is 479 g/mol. The van der Waals surface area contributed by atoms with E-state index in [0.29, 0.717) is 27.4 Å². The van der Waals surface area contributed by atoms with Crippen molar-refractivity contribution >= 4 is 56.5 Å². The van der Waals surface area contributed by atoms with Gasteiger partial charge < -0.3 is 14.4 Å². The van der Waals surface area contributed by atoms with Gasteiger partial charge in [-0.25, -0.2) is 4.79 Å². The van der Waals surface area contributed by atoms with Crippen molar-refractivity contribution in [2.45, 2.75) is 32.9 Å². The predicted molar refractivity (Wildman–Crippen MR) is 125 cm³/mol. The van der Waals surface area contributed by atoms with Crippen molar-refractivity contribution in [1.29, 1.82) is 0 Å². The fourth-order valence-electron chi connectivity index (χ4n) is 3.10. The van der Waals surface area contributed by atoms with Crippen LogP contribution in [-0.4, -0.2) is 36.0 Å². The molecule has 0 aliphatic carbocycles. The van der Waals surface area contributed by atoms with Gasteiger partial charge >= 0.3 is 5.97 Å². The Hall–Kier alpha value is -2.28. The van der Waals surface area contributed by atoms with Crippen LogP contribution in [-0.2, 0) is 16.1 Å². The van der Waals surface area contributed by atoms with Gasteiger partial charge in [-0.05, 0) is 38.5 Å². The molecule has 0 spiro atoms. The fourth-order valence-corrected chi connectivity index (χ4v) is 4.89. The zero-order valence-electron chi connectivity index (χ0n) is 17.7. The van der Waals surface area contributed by atoms with Crippen LogP contribution in [0, 0.1) is 0 Å². The van der Waals surface area contributed by atoms with Gasteiger partial charge in [0.15, 0.2) is 6.61 Å². The number of halogens is 2. The summed E-state index contributed by atoms with van der Waals surface area (Å²) in [5.41, 5.74) is 0.548. The minimum Gasteiger partial charge on any atom is -0.495 e. The number of benzene rings is 2. The van der Waals surface area contributed by atoms with E-state index in [9.17, 15) is 9.59 Å². The lowest BCUT2D eigenvalue weighted by atomic mass is 10.0. The maximum absolute atomic E-state index is 12.9. The molecule has 1 amide bonds. The second-order valence-corrected chi connectivity index (χ2v) is 9.69. The maximum Gasteiger partial charge on any atom is 0.350 e. The third kappa shape index (κ3) is 5.14. The first-order valence-corrected chi connectivity index (χ1v) is 11.2. The van der Waals surface area contributed by atoms with Gasteiger partial charge in [-0.2, -0.15) is 0 Å². The molecule has 0 aliphatic heterocycles. The number of amides is 1. The zero-order valence-corrected chi connectivity index (χ0v) is 20.0. The molecule has 0 bridgehead atoms. The van der Waals surface area contributed by atoms with Gasteiger partial charge in [0.05, 0.1) is 16.8 Å². The molecular weight excluding hydrogens is 457 g/mol. The first-order chi connectivity index (χ1) is 14.6. The number of fused-ring (bicyclic) bond motifs is 1. The highest BCUT2D eigenvalue weighted by atomic mass is 35.5. The van der Waals surface area contributed by atoms with Crippen molar-refractivity contribution in [2.24, 2.45) is 0 Å². The Morgan fingerprint density at radius 3 is 2.32 bits per heavy atom. The standard InChI is InChI=1S/C23H23Cl2NO4S/c1-23(2,3)26(12-14-8-6-5-7-9-14)17(27)13-30-22(28)21-18(24)15-10-11-16(29-4)19(25)20(15)31-21/h5-11H,12-13H2,1-4H3. The normalized spacial score (nSPS) is 11.4. The van der Waals surface area contributed by atoms with Crippen LogP contribution in [0.3, 0.4) is 0 Å². The number of esters is 1. The van der Waals surface area contributed by atoms with E-state index in [2.05, 4.69) is 0 Å². The van der Waals surface area contributed by atoms with E-state index in [4.69, 9.17) is 32.7 Å². The molecule has 0 atom stereocenters. The number of thiophene rings is 1. The number of methoxy groups -OCH3 is 1. The molecule has 0 N–H and O–H groups in total. The quantitative estimate of drug-likeness (QED) is 0.394. The van der Waals surface area contributed by atoms with E-state index >= 15 is 0 Å². The van der Waals surface area contributed by atoms with Crippen molar-refractivity contribution in [2.75, 3.05) is 13.7 Å². The Balaban J connectivity index is 1.76. The highest BCUT2D eigenvalue weighted by Crippen LogP contribution is 2.43. The molecule has 0 aliphatic rings. The van der Waals surface area contributed by atoms with Crippen LogP contribution >= 0.6 is 34.5 Å². The lowest BCUT2D eigenvalue weighted by Gasteiger charge is -2.35. The molecule has 164 valence electrons. The fraction of sp³-hybridized carbons (Fsp3) is 0.304. The summed E-state index contributed by atoms with van der Waals surface area (Å²) in [5.74, 6) is -0.464. The van der Waals surface area contributed by atoms with E-state index in [1.54, 1.807) is 17.0 Å². The van der Waals surface area contributed by atoms with Crippen molar-refractivity contribution in [3.8, 4) is 5.75 Å². The van der Waals surface area contributed by atoms with Crippen LogP contribution in [0.15, 0.2) is 42.5 Å². The summed E-state index contributed by atoms with van der Waals surface area (Å²) in [7, 11) is 1.51. The van der Waals surface area contributed by atoms with E-state index in [1.165, 1.54) is 7.11 Å². The number of hydrogen-bond donors (Lipinski definition) is 0. The molecule has 1 aromatic heterocycles. The average molecular weight is 480 g/mol. The first kappa shape index (κ1) is 23.4. The second-order valence-electron chi connectivity index (χ2n) is 7.92. The number of nitrogens with zero attached hydrogens (tertiary/aromatic N) is 1. The van der Waals surface area contributed by atoms with Crippen molar-refractivity contribution in [1.82, 2.24) is 4.90 Å². The highest BCUT2D eigenvalue weighted by molar-refractivity contribution is 7.22. The second kappa shape index (κ2) is 9.47. The highest BCUT2D eigenvalue weighted by Gasteiger charge is 2.28. The van der Waals surface area contributed by atoms with Gasteiger partial charge in [0.1, 0.15) is 15.6 Å². The van der Waals surface area contributed by atoms with Gasteiger partial charge in [0.25, 0.3) is 5.91 Å². The number of hydrogen-bond acceptors (Lipinski definition) is 5. The summed E-state index contributed by atoms with van der Waals surface area (Å²) in [4.78, 5) is 27.5. The minimum atomic E-state index is -0.664. The Labute approximate surface area is 195 Å². The zero-order chi connectivity index (χ0) is 22.8. The number of carbonyl (C=O) groups is 2. The molecule has 3 aromatic rings. The minimum absolute atomic E-state index is 0.199. The molecule has 31 heavy (non-hydrogen) atoms. The molecule has 1 heterocycles. The molecule has 8 heteroatoms. The SMILES string of the molecule is COc1ccc2c(Cl)c(C(=O)OCC(=O)N(Cc3ccccc3)C(C)(C)C)sc2c1Cl. The maximum atomic E-state index is 12.9. The molecule has 0 saturated carbocycles. The van der Waals surface area contributed by atoms with E-state index in [1.807, 2.05) is 51.1 Å². The van der Waals surface area contributed by atoms with Gasteiger partial charge in [0.2, 0.25) is 0 Å². The van der Waals surface area contributed by atoms with Crippen LogP contribution in [0.2, 0.25) is 10.0 Å². The summed E-state index contributed by atoms with van der Waals surface area (Å²) < 4.78 is 11.2. The van der Waals surface area contributed by atoms with Crippen molar-refractivity contribution in [3.05, 3.63) is 63.0 Å². The van der Waals surface area contributed by atoms with Crippen LogP contribution in [0.5, 0.6) is 5.75 Å². The first-order valence-electron chi connectivity index (χ1n) is 9.59. The Morgan fingerprint density at radius 2 is 1.71 bits per heavy atom. The van der Waals surface area contributed by atoms with E-state index < -0.39 is 11.5 Å². The lowest BCUT2D eigenvalue weighted by Crippen LogP contribution is -2.46. The van der Waals surface area contributed by atoms with E-state index in [0.717, 1.165) is 16.9 Å². The summed E-state index contributed by atoms with van der Waals surface area (Å²) >= 11 is 13.8. The van der Waals surface area contributed by atoms with Crippen LogP contribution in [0.25, 0.3) is 10.1 Å². The van der Waals surface area contributed by atoms with Gasteiger partial charge in [-0.3, -0.25) is 4.79 Å². The van der Waals surface area contributed by atoms with Crippen molar-refractivity contribution < 1.29 is 19.1 Å². The molecular formula is C23H23Cl2NO4S. The Kier molecular flexibility index (Phi) is 7.14. The average Bonchev–Trinajstić information content (AvgIpc) is 3.08. The molecule has 2 aromatic carbocycles. The number of ether oxygens (including phenoxy) is 2. The van der Waals surface area contributed by atoms with Gasteiger partial charge in [-0.1, -0.05) is 53.5 Å². The van der Waals surface area contributed by atoms with Crippen LogP contribution in [0.1, 0.15) is 36.0 Å². The number of carbonyl (C=O) groups excluding carboxylic acids is 2. The summed E-state index contributed by atoms with van der Waals surface area (Å²) in [6, 6.07) is 13.1. The molecule has 0 fully saturated rings. The third-order valence-corrected chi connectivity index (χ3v) is 6.92. The third-order valence-electron chi connectivity index (χ3n) is 4.73. The number of rotatable bonds is 6. The van der Waals surface area contributed by atoms with Gasteiger partial charge in [0, 0.05) is 17.5 Å². The molecule has 0 radical (unpaired) electrons. The van der Waals surface area contributed by atoms with Crippen LogP contribution < -0.4 is 4.74 Å². The summed E-state index contributed by atoms with van der Waals surface area (Å²) in [6.45, 7) is 5.85. The van der Waals surface area contributed by atoms with E-state index in [-0.39, 0.29) is 22.4 Å². The lowest BCUT2D eigenvalue weighted by molar-refractivity contribution is -0.140. The Bertz CT molecular complexity index is 1110. The molecule has 0 unspecified atom stereocenters. The molecule has 3 rings (SSSR count).